The number of nitrogens with one attached hydrogen (secondary N) is 1. The van der Waals surface area contributed by atoms with Crippen LogP contribution in [0, 0.1) is 17.5 Å². The quantitative estimate of drug-likeness (QED) is 0.758. The molecular weight excluding hydrogens is 235 g/mol. The highest BCUT2D eigenvalue weighted by molar-refractivity contribution is 7.71. The molecule has 0 amide bonds. The van der Waals surface area contributed by atoms with Gasteiger partial charge in [-0.1, -0.05) is 11.6 Å². The van der Waals surface area contributed by atoms with Gasteiger partial charge in [0.05, 0.1) is 5.02 Å². The molecule has 2 aromatic rings. The topological polar surface area (TPSA) is 20.7 Å². The van der Waals surface area contributed by atoms with Gasteiger partial charge in [-0.05, 0) is 37.3 Å². The molecular formula is C10H8ClFN2S. The molecule has 0 aliphatic carbocycles. The van der Waals surface area contributed by atoms with E-state index in [0.29, 0.717) is 4.77 Å². The molecule has 0 bridgehead atoms. The Morgan fingerprint density at radius 2 is 2.20 bits per heavy atom. The van der Waals surface area contributed by atoms with Crippen molar-refractivity contribution in [3.63, 3.8) is 0 Å². The Bertz CT molecular complexity index is 559. The molecule has 2 rings (SSSR count). The van der Waals surface area contributed by atoms with E-state index in [1.807, 2.05) is 13.1 Å². The summed E-state index contributed by atoms with van der Waals surface area (Å²) in [5.41, 5.74) is 1.69. The number of H-pyrrole nitrogens is 1. The van der Waals surface area contributed by atoms with Crippen molar-refractivity contribution in [1.29, 1.82) is 0 Å². The van der Waals surface area contributed by atoms with Crippen molar-refractivity contribution in [3.8, 4) is 5.69 Å². The normalized spacial score (nSPS) is 10.6. The second kappa shape index (κ2) is 3.79. The van der Waals surface area contributed by atoms with Crippen LogP contribution in [0.2, 0.25) is 5.02 Å². The molecule has 0 saturated heterocycles. The van der Waals surface area contributed by atoms with Gasteiger partial charge in [-0.15, -0.1) is 0 Å². The second-order valence-electron chi connectivity index (χ2n) is 3.21. The number of hydrogen-bond acceptors (Lipinski definition) is 1. The highest BCUT2D eigenvalue weighted by Crippen LogP contribution is 2.19. The summed E-state index contributed by atoms with van der Waals surface area (Å²) in [4.78, 5) is 2.98. The van der Waals surface area contributed by atoms with Gasteiger partial charge in [0.25, 0.3) is 0 Å². The molecule has 1 heterocycles. The average Bonchev–Trinajstić information content (AvgIpc) is 2.50. The molecule has 1 aromatic heterocycles. The summed E-state index contributed by atoms with van der Waals surface area (Å²) in [6, 6.07) is 4.49. The lowest BCUT2D eigenvalue weighted by molar-refractivity contribution is 0.628. The van der Waals surface area contributed by atoms with Gasteiger partial charge in [-0.3, -0.25) is 4.57 Å². The highest BCUT2D eigenvalue weighted by atomic mass is 35.5. The van der Waals surface area contributed by atoms with Crippen molar-refractivity contribution >= 4 is 23.8 Å². The van der Waals surface area contributed by atoms with Crippen LogP contribution in [-0.4, -0.2) is 9.55 Å². The minimum Gasteiger partial charge on any atom is -0.335 e. The Hall–Kier alpha value is -1.13. The maximum atomic E-state index is 12.9. The van der Waals surface area contributed by atoms with Crippen LogP contribution in [0.3, 0.4) is 0 Å². The van der Waals surface area contributed by atoms with Crippen molar-refractivity contribution in [3.05, 3.63) is 45.7 Å². The molecule has 1 aromatic carbocycles. The van der Waals surface area contributed by atoms with Crippen molar-refractivity contribution in [2.45, 2.75) is 6.92 Å². The number of aryl methyl sites for hydroxylation is 1. The van der Waals surface area contributed by atoms with E-state index in [2.05, 4.69) is 4.98 Å². The van der Waals surface area contributed by atoms with Crippen molar-refractivity contribution in [1.82, 2.24) is 9.55 Å². The fourth-order valence-electron chi connectivity index (χ4n) is 1.34. The van der Waals surface area contributed by atoms with E-state index in [1.54, 1.807) is 16.7 Å². The molecule has 2 nitrogen and oxygen atoms in total. The summed E-state index contributed by atoms with van der Waals surface area (Å²) in [5, 5.41) is 0.0910. The first kappa shape index (κ1) is 10.4. The predicted molar refractivity (Wildman–Crippen MR) is 60.7 cm³/mol. The number of rotatable bonds is 1. The maximum absolute atomic E-state index is 12.9. The van der Waals surface area contributed by atoms with Crippen molar-refractivity contribution in [2.24, 2.45) is 0 Å². The Balaban J connectivity index is 2.59. The van der Waals surface area contributed by atoms with Crippen LogP contribution in [0.25, 0.3) is 5.69 Å². The Kier molecular flexibility index (Phi) is 2.63. The number of aromatic nitrogens is 2. The van der Waals surface area contributed by atoms with Crippen LogP contribution in [0.4, 0.5) is 4.39 Å². The zero-order valence-electron chi connectivity index (χ0n) is 7.92. The first-order chi connectivity index (χ1) is 7.08. The van der Waals surface area contributed by atoms with Gasteiger partial charge in [0.15, 0.2) is 4.77 Å². The predicted octanol–water partition coefficient (Wildman–Crippen LogP) is 3.64. The lowest BCUT2D eigenvalue weighted by Crippen LogP contribution is -1.92. The number of imidazole rings is 1. The minimum absolute atomic E-state index is 0.0910. The number of benzene rings is 1. The molecule has 15 heavy (non-hydrogen) atoms. The molecule has 0 saturated carbocycles. The molecule has 1 N–H and O–H groups in total. The first-order valence-electron chi connectivity index (χ1n) is 4.31. The molecule has 0 fully saturated rings. The number of aromatic amines is 1. The minimum atomic E-state index is -0.431. The molecule has 0 aliphatic heterocycles. The SMILES string of the molecule is Cc1cn(-c2ccc(F)c(Cl)c2)c(=S)[nH]1. The van der Waals surface area contributed by atoms with Gasteiger partial charge in [0.1, 0.15) is 5.82 Å². The van der Waals surface area contributed by atoms with E-state index in [-0.39, 0.29) is 5.02 Å². The van der Waals surface area contributed by atoms with Crippen LogP contribution in [0.5, 0.6) is 0 Å². The first-order valence-corrected chi connectivity index (χ1v) is 5.10. The summed E-state index contributed by atoms with van der Waals surface area (Å²) in [6.07, 6.45) is 1.84. The largest absolute Gasteiger partial charge is 0.335 e. The summed E-state index contributed by atoms with van der Waals surface area (Å²) < 4.78 is 15.3. The van der Waals surface area contributed by atoms with E-state index >= 15 is 0 Å². The molecule has 0 unspecified atom stereocenters. The van der Waals surface area contributed by atoms with Crippen LogP contribution in [-0.2, 0) is 0 Å². The van der Waals surface area contributed by atoms with Gasteiger partial charge >= 0.3 is 0 Å². The lowest BCUT2D eigenvalue weighted by atomic mass is 10.3. The van der Waals surface area contributed by atoms with E-state index in [1.165, 1.54) is 6.07 Å². The molecule has 0 atom stereocenters. The fraction of sp³-hybridized carbons (Fsp3) is 0.100. The van der Waals surface area contributed by atoms with Gasteiger partial charge in [-0.2, -0.15) is 0 Å². The van der Waals surface area contributed by atoms with Crippen molar-refractivity contribution < 1.29 is 4.39 Å². The average molecular weight is 243 g/mol. The van der Waals surface area contributed by atoms with E-state index in [0.717, 1.165) is 11.4 Å². The third kappa shape index (κ3) is 1.96. The van der Waals surface area contributed by atoms with Gasteiger partial charge in [-0.25, -0.2) is 4.39 Å². The zero-order valence-corrected chi connectivity index (χ0v) is 9.49. The molecule has 0 radical (unpaired) electrons. The molecule has 0 spiro atoms. The lowest BCUT2D eigenvalue weighted by Gasteiger charge is -2.02. The monoisotopic (exact) mass is 242 g/mol. The number of nitrogens with zero attached hydrogens (tertiary/aromatic N) is 1. The summed E-state index contributed by atoms with van der Waals surface area (Å²) in [6.45, 7) is 1.90. The number of halogens is 2. The van der Waals surface area contributed by atoms with Crippen LogP contribution < -0.4 is 0 Å². The van der Waals surface area contributed by atoms with Gasteiger partial charge in [0, 0.05) is 17.6 Å². The number of hydrogen-bond donors (Lipinski definition) is 1. The second-order valence-corrected chi connectivity index (χ2v) is 4.00. The van der Waals surface area contributed by atoms with Crippen LogP contribution in [0.15, 0.2) is 24.4 Å². The van der Waals surface area contributed by atoms with E-state index < -0.39 is 5.82 Å². The smallest absolute Gasteiger partial charge is 0.181 e. The van der Waals surface area contributed by atoms with Crippen LogP contribution in [0.1, 0.15) is 5.69 Å². The Morgan fingerprint density at radius 1 is 1.47 bits per heavy atom. The molecule has 78 valence electrons. The van der Waals surface area contributed by atoms with E-state index in [9.17, 15) is 4.39 Å². The Labute approximate surface area is 96.3 Å². The van der Waals surface area contributed by atoms with Crippen LogP contribution >= 0.6 is 23.8 Å². The third-order valence-corrected chi connectivity index (χ3v) is 2.62. The third-order valence-electron chi connectivity index (χ3n) is 2.03. The summed E-state index contributed by atoms with van der Waals surface area (Å²) in [5.74, 6) is -0.431. The maximum Gasteiger partial charge on any atom is 0.181 e. The van der Waals surface area contributed by atoms with Gasteiger partial charge < -0.3 is 4.98 Å². The van der Waals surface area contributed by atoms with E-state index in [4.69, 9.17) is 23.8 Å². The molecule has 5 heteroatoms. The molecule has 0 aliphatic rings. The standard InChI is InChI=1S/C10H8ClFN2S/c1-6-5-14(10(15)13-6)7-2-3-9(12)8(11)4-7/h2-5H,1H3,(H,13,15). The van der Waals surface area contributed by atoms with Crippen molar-refractivity contribution in [2.75, 3.05) is 0 Å². The highest BCUT2D eigenvalue weighted by Gasteiger charge is 2.04. The zero-order chi connectivity index (χ0) is 11.0. The fourth-order valence-corrected chi connectivity index (χ4v) is 1.83. The Morgan fingerprint density at radius 3 is 2.73 bits per heavy atom. The summed E-state index contributed by atoms with van der Waals surface area (Å²) in [7, 11) is 0. The summed E-state index contributed by atoms with van der Waals surface area (Å²) >= 11 is 10.8. The van der Waals surface area contributed by atoms with Gasteiger partial charge in [0.2, 0.25) is 0 Å².